The van der Waals surface area contributed by atoms with Crippen molar-refractivity contribution in [1.29, 1.82) is 0 Å². The number of ether oxygens (including phenoxy) is 2. The Kier molecular flexibility index (Phi) is 6.79. The number of rotatable bonds is 5. The molecule has 7 nitrogen and oxygen atoms in total. The normalized spacial score (nSPS) is 16.9. The minimum absolute atomic E-state index is 0.0233. The van der Waals surface area contributed by atoms with Crippen molar-refractivity contribution in [2.24, 2.45) is 0 Å². The Hall–Kier alpha value is -3.82. The van der Waals surface area contributed by atoms with Crippen LogP contribution in [0, 0.1) is 11.6 Å². The van der Waals surface area contributed by atoms with E-state index in [2.05, 4.69) is 0 Å². The third-order valence-corrected chi connectivity index (χ3v) is 6.24. The molecule has 186 valence electrons. The van der Waals surface area contributed by atoms with Crippen LogP contribution in [0.3, 0.4) is 0 Å². The van der Waals surface area contributed by atoms with Gasteiger partial charge in [-0.15, -0.1) is 0 Å². The van der Waals surface area contributed by atoms with Gasteiger partial charge in [0.2, 0.25) is 0 Å². The zero-order valence-electron chi connectivity index (χ0n) is 18.7. The molecule has 0 aliphatic carbocycles. The smallest absolute Gasteiger partial charge is 0.300 e. The molecule has 1 aliphatic rings. The number of ketones is 1. The summed E-state index contributed by atoms with van der Waals surface area (Å²) in [4.78, 5) is 27.2. The van der Waals surface area contributed by atoms with Crippen LogP contribution in [0.25, 0.3) is 5.76 Å². The molecule has 1 aliphatic heterocycles. The monoisotopic (exact) mass is 535 g/mol. The molecule has 2 N–H and O–H groups in total. The van der Waals surface area contributed by atoms with Gasteiger partial charge >= 0.3 is 0 Å². The number of methoxy groups -OCH3 is 2. The highest BCUT2D eigenvalue weighted by Crippen LogP contribution is 2.48. The summed E-state index contributed by atoms with van der Waals surface area (Å²) in [5, 5.41) is 20.9. The SMILES string of the molecule is COc1c(Cl)cc(/C(O)=C2\C(=O)C(=O)N(c3ccc(F)cc3F)C2c2ccc(O)cc2)c(OC)c1Cl. The molecule has 0 saturated carbocycles. The van der Waals surface area contributed by atoms with Gasteiger partial charge in [-0.25, -0.2) is 8.78 Å². The molecule has 3 aromatic carbocycles. The highest BCUT2D eigenvalue weighted by Gasteiger charge is 2.48. The number of aliphatic hydroxyl groups excluding tert-OH is 1. The van der Waals surface area contributed by atoms with Crippen molar-refractivity contribution < 1.29 is 38.1 Å². The maximum Gasteiger partial charge on any atom is 0.300 e. The number of phenolic OH excluding ortho intramolecular Hbond substituents is 1. The van der Waals surface area contributed by atoms with Crippen molar-refractivity contribution in [2.45, 2.75) is 6.04 Å². The summed E-state index contributed by atoms with van der Waals surface area (Å²) < 4.78 is 38.8. The number of phenols is 1. The number of nitrogens with zero attached hydrogens (tertiary/aromatic N) is 1. The number of hydrogen-bond acceptors (Lipinski definition) is 6. The average Bonchev–Trinajstić information content (AvgIpc) is 3.09. The molecule has 1 heterocycles. The molecule has 1 saturated heterocycles. The first-order valence-corrected chi connectivity index (χ1v) is 11.0. The van der Waals surface area contributed by atoms with E-state index in [0.717, 1.165) is 17.0 Å². The van der Waals surface area contributed by atoms with Gasteiger partial charge in [0.1, 0.15) is 28.2 Å². The minimum Gasteiger partial charge on any atom is -0.508 e. The summed E-state index contributed by atoms with van der Waals surface area (Å²) in [6.07, 6.45) is 0. The van der Waals surface area contributed by atoms with E-state index in [0.29, 0.717) is 6.07 Å². The van der Waals surface area contributed by atoms with E-state index in [1.807, 2.05) is 0 Å². The predicted molar refractivity (Wildman–Crippen MR) is 129 cm³/mol. The second-order valence-corrected chi connectivity index (χ2v) is 8.43. The van der Waals surface area contributed by atoms with Gasteiger partial charge in [-0.2, -0.15) is 0 Å². The zero-order chi connectivity index (χ0) is 26.3. The van der Waals surface area contributed by atoms with Crippen molar-refractivity contribution in [3.05, 3.63) is 86.9 Å². The molecule has 0 aromatic heterocycles. The Morgan fingerprint density at radius 1 is 0.972 bits per heavy atom. The van der Waals surface area contributed by atoms with E-state index in [9.17, 15) is 28.6 Å². The predicted octanol–water partition coefficient (Wildman–Crippen LogP) is 5.62. The summed E-state index contributed by atoms with van der Waals surface area (Å²) in [7, 11) is 2.58. The van der Waals surface area contributed by atoms with E-state index >= 15 is 0 Å². The summed E-state index contributed by atoms with van der Waals surface area (Å²) in [6.45, 7) is 0. The van der Waals surface area contributed by atoms with Crippen LogP contribution in [0.5, 0.6) is 17.2 Å². The van der Waals surface area contributed by atoms with Crippen LogP contribution in [0.1, 0.15) is 17.2 Å². The number of hydrogen-bond donors (Lipinski definition) is 2. The number of benzene rings is 3. The Morgan fingerprint density at radius 2 is 1.61 bits per heavy atom. The molecular formula is C25H17Cl2F2NO6. The van der Waals surface area contributed by atoms with Crippen molar-refractivity contribution in [2.75, 3.05) is 19.1 Å². The van der Waals surface area contributed by atoms with Crippen LogP contribution >= 0.6 is 23.2 Å². The molecular weight excluding hydrogens is 519 g/mol. The third kappa shape index (κ3) is 4.10. The number of aromatic hydroxyl groups is 1. The maximum atomic E-state index is 14.8. The van der Waals surface area contributed by atoms with Crippen LogP contribution in [-0.4, -0.2) is 36.1 Å². The van der Waals surface area contributed by atoms with Crippen LogP contribution < -0.4 is 14.4 Å². The van der Waals surface area contributed by atoms with Gasteiger partial charge in [-0.3, -0.25) is 14.5 Å². The fourth-order valence-corrected chi connectivity index (χ4v) is 4.71. The first-order valence-electron chi connectivity index (χ1n) is 10.3. The molecule has 1 atom stereocenters. The molecule has 0 radical (unpaired) electrons. The first kappa shape index (κ1) is 25.3. The van der Waals surface area contributed by atoms with Crippen LogP contribution in [0.4, 0.5) is 14.5 Å². The molecule has 11 heteroatoms. The average molecular weight is 536 g/mol. The number of aliphatic hydroxyl groups is 1. The van der Waals surface area contributed by atoms with E-state index in [4.69, 9.17) is 32.7 Å². The van der Waals surface area contributed by atoms with Crippen molar-refractivity contribution in [3.63, 3.8) is 0 Å². The van der Waals surface area contributed by atoms with Gasteiger partial charge in [0, 0.05) is 6.07 Å². The number of carbonyl (C=O) groups is 2. The van der Waals surface area contributed by atoms with Crippen molar-refractivity contribution >= 4 is 46.3 Å². The minimum atomic E-state index is -1.37. The van der Waals surface area contributed by atoms with E-state index < -0.39 is 46.4 Å². The first-order chi connectivity index (χ1) is 17.1. The topological polar surface area (TPSA) is 96.3 Å². The van der Waals surface area contributed by atoms with E-state index in [1.54, 1.807) is 0 Å². The standard InChI is InChI=1S/C25H17Cl2F2NO6/c1-35-23-14(10-15(26)24(36-2)19(23)27)21(32)18-20(11-3-6-13(31)7-4-11)30(25(34)22(18)33)17-8-5-12(28)9-16(17)29/h3-10,20,31-32H,1-2H3/b21-18+. The Labute approximate surface area is 213 Å². The molecule has 4 rings (SSSR count). The number of halogens is 4. The molecule has 0 bridgehead atoms. The van der Waals surface area contributed by atoms with Crippen molar-refractivity contribution in [1.82, 2.24) is 0 Å². The van der Waals surface area contributed by atoms with Crippen LogP contribution in [0.15, 0.2) is 54.1 Å². The number of Topliss-reactive ketones (excluding diaryl/α,β-unsaturated/α-hetero) is 1. The van der Waals surface area contributed by atoms with Gasteiger partial charge in [-0.05, 0) is 35.9 Å². The zero-order valence-corrected chi connectivity index (χ0v) is 20.2. The van der Waals surface area contributed by atoms with Gasteiger partial charge in [0.05, 0.1) is 42.1 Å². The quantitative estimate of drug-likeness (QED) is 0.250. The lowest BCUT2D eigenvalue weighted by Gasteiger charge is -2.26. The second-order valence-electron chi connectivity index (χ2n) is 7.64. The van der Waals surface area contributed by atoms with Gasteiger partial charge in [0.25, 0.3) is 11.7 Å². The highest BCUT2D eigenvalue weighted by molar-refractivity contribution is 6.52. The van der Waals surface area contributed by atoms with Crippen molar-refractivity contribution in [3.8, 4) is 17.2 Å². The van der Waals surface area contributed by atoms with E-state index in [-0.39, 0.29) is 38.4 Å². The Balaban J connectivity index is 2.03. The highest BCUT2D eigenvalue weighted by atomic mass is 35.5. The summed E-state index contributed by atoms with van der Waals surface area (Å²) >= 11 is 12.6. The largest absolute Gasteiger partial charge is 0.508 e. The van der Waals surface area contributed by atoms with Crippen LogP contribution in [-0.2, 0) is 9.59 Å². The van der Waals surface area contributed by atoms with Gasteiger partial charge in [-0.1, -0.05) is 35.3 Å². The maximum absolute atomic E-state index is 14.8. The lowest BCUT2D eigenvalue weighted by molar-refractivity contribution is -0.132. The molecule has 0 spiro atoms. The Bertz CT molecular complexity index is 1430. The van der Waals surface area contributed by atoms with Gasteiger partial charge < -0.3 is 19.7 Å². The number of amides is 1. The third-order valence-electron chi connectivity index (χ3n) is 5.62. The number of anilines is 1. The molecule has 36 heavy (non-hydrogen) atoms. The lowest BCUT2D eigenvalue weighted by Crippen LogP contribution is -2.30. The molecule has 3 aromatic rings. The molecule has 1 unspecified atom stereocenters. The lowest BCUT2D eigenvalue weighted by atomic mass is 9.94. The molecule has 1 fully saturated rings. The molecule has 1 amide bonds. The van der Waals surface area contributed by atoms with Crippen LogP contribution in [0.2, 0.25) is 10.0 Å². The number of carbonyl (C=O) groups excluding carboxylic acids is 2. The Morgan fingerprint density at radius 3 is 2.19 bits per heavy atom. The van der Waals surface area contributed by atoms with E-state index in [1.165, 1.54) is 44.6 Å². The summed E-state index contributed by atoms with van der Waals surface area (Å²) in [5.41, 5.74) is -0.727. The summed E-state index contributed by atoms with van der Waals surface area (Å²) in [6, 6.07) is 7.72. The second kappa shape index (κ2) is 9.67. The summed E-state index contributed by atoms with van der Waals surface area (Å²) in [5.74, 6) is -5.19. The fraction of sp³-hybridized carbons (Fsp3) is 0.120. The fourth-order valence-electron chi connectivity index (χ4n) is 4.02. The van der Waals surface area contributed by atoms with Gasteiger partial charge in [0.15, 0.2) is 11.5 Å².